The highest BCUT2D eigenvalue weighted by atomic mass is 79.9. The van der Waals surface area contributed by atoms with Crippen LogP contribution in [0.1, 0.15) is 13.8 Å². The number of carbonyl (C=O) groups excluding carboxylic acids is 1. The molecule has 0 saturated heterocycles. The van der Waals surface area contributed by atoms with Gasteiger partial charge in [0.1, 0.15) is 0 Å². The minimum Gasteiger partial charge on any atom is -0.342 e. The smallest absolute Gasteiger partial charge is 0.242 e. The molecule has 0 bridgehead atoms. The van der Waals surface area contributed by atoms with Crippen molar-refractivity contribution in [2.75, 3.05) is 31.6 Å². The predicted molar refractivity (Wildman–Crippen MR) is 70.9 cm³/mol. The number of likely N-dealkylation sites (N-methyl/N-ethyl adjacent to an activating group) is 2. The van der Waals surface area contributed by atoms with Crippen LogP contribution in [0, 0.1) is 0 Å². The maximum Gasteiger partial charge on any atom is 0.242 e. The van der Waals surface area contributed by atoms with Crippen molar-refractivity contribution in [3.8, 4) is 0 Å². The van der Waals surface area contributed by atoms with Crippen LogP contribution in [0.2, 0.25) is 0 Å². The molecule has 1 aromatic heterocycles. The third-order valence-corrected chi connectivity index (χ3v) is 2.85. The lowest BCUT2D eigenvalue weighted by Gasteiger charge is -2.22. The van der Waals surface area contributed by atoms with Crippen LogP contribution < -0.4 is 4.90 Å². The third kappa shape index (κ3) is 3.96. The van der Waals surface area contributed by atoms with Crippen molar-refractivity contribution in [2.45, 2.75) is 13.8 Å². The largest absolute Gasteiger partial charge is 0.342 e. The Bertz CT molecular complexity index is 364. The van der Waals surface area contributed by atoms with Crippen LogP contribution in [-0.4, -0.2) is 47.5 Å². The average molecular weight is 301 g/mol. The lowest BCUT2D eigenvalue weighted by atomic mass is 10.4. The molecule has 17 heavy (non-hydrogen) atoms. The van der Waals surface area contributed by atoms with Gasteiger partial charge in [0.05, 0.1) is 11.0 Å². The van der Waals surface area contributed by atoms with Gasteiger partial charge in [0.15, 0.2) is 0 Å². The molecule has 0 unspecified atom stereocenters. The Hall–Kier alpha value is -1.17. The van der Waals surface area contributed by atoms with Gasteiger partial charge < -0.3 is 9.80 Å². The number of carbonyl (C=O) groups is 1. The van der Waals surface area contributed by atoms with Gasteiger partial charge in [-0.05, 0) is 29.8 Å². The number of hydrogen-bond donors (Lipinski definition) is 0. The van der Waals surface area contributed by atoms with Gasteiger partial charge in [-0.15, -0.1) is 0 Å². The van der Waals surface area contributed by atoms with Gasteiger partial charge in [0.2, 0.25) is 11.9 Å². The molecule has 1 heterocycles. The van der Waals surface area contributed by atoms with E-state index >= 15 is 0 Å². The molecule has 0 aromatic carbocycles. The second-order valence-electron chi connectivity index (χ2n) is 3.62. The molecule has 0 fully saturated rings. The Labute approximate surface area is 110 Å². The van der Waals surface area contributed by atoms with E-state index in [9.17, 15) is 4.79 Å². The van der Waals surface area contributed by atoms with Crippen molar-refractivity contribution in [3.05, 3.63) is 16.9 Å². The number of amides is 1. The number of rotatable bonds is 5. The topological polar surface area (TPSA) is 49.3 Å². The number of hydrogen-bond acceptors (Lipinski definition) is 4. The van der Waals surface area contributed by atoms with Gasteiger partial charge in [0, 0.05) is 32.5 Å². The van der Waals surface area contributed by atoms with Crippen LogP contribution in [0.25, 0.3) is 0 Å². The fourth-order valence-electron chi connectivity index (χ4n) is 1.45. The summed E-state index contributed by atoms with van der Waals surface area (Å²) in [5.74, 6) is 0.637. The van der Waals surface area contributed by atoms with Crippen molar-refractivity contribution in [2.24, 2.45) is 0 Å². The summed E-state index contributed by atoms with van der Waals surface area (Å²) in [6.45, 7) is 5.69. The average Bonchev–Trinajstić information content (AvgIpc) is 2.31. The van der Waals surface area contributed by atoms with Crippen molar-refractivity contribution in [1.29, 1.82) is 0 Å². The van der Waals surface area contributed by atoms with E-state index in [1.807, 2.05) is 20.9 Å². The second kappa shape index (κ2) is 6.54. The van der Waals surface area contributed by atoms with Crippen LogP contribution in [0.3, 0.4) is 0 Å². The van der Waals surface area contributed by atoms with E-state index in [2.05, 4.69) is 25.9 Å². The van der Waals surface area contributed by atoms with E-state index in [0.717, 1.165) is 17.6 Å². The van der Waals surface area contributed by atoms with Gasteiger partial charge in [0.25, 0.3) is 0 Å². The van der Waals surface area contributed by atoms with E-state index in [1.54, 1.807) is 22.2 Å². The maximum atomic E-state index is 11.9. The van der Waals surface area contributed by atoms with Crippen LogP contribution in [0.5, 0.6) is 0 Å². The Morgan fingerprint density at radius 3 is 2.29 bits per heavy atom. The van der Waals surface area contributed by atoms with E-state index in [1.165, 1.54) is 0 Å². The number of aromatic nitrogens is 2. The molecule has 6 heteroatoms. The first-order chi connectivity index (χ1) is 8.08. The molecule has 0 spiro atoms. The van der Waals surface area contributed by atoms with E-state index in [4.69, 9.17) is 0 Å². The lowest BCUT2D eigenvalue weighted by Crippen LogP contribution is -2.39. The van der Waals surface area contributed by atoms with Gasteiger partial charge in [-0.3, -0.25) is 4.79 Å². The summed E-state index contributed by atoms with van der Waals surface area (Å²) in [5.41, 5.74) is 0. The summed E-state index contributed by atoms with van der Waals surface area (Å²) in [7, 11) is 1.81. The van der Waals surface area contributed by atoms with Gasteiger partial charge >= 0.3 is 0 Å². The fourth-order valence-corrected chi connectivity index (χ4v) is 1.66. The molecular weight excluding hydrogens is 284 g/mol. The molecule has 0 N–H and O–H groups in total. The third-order valence-electron chi connectivity index (χ3n) is 2.44. The molecule has 0 saturated carbocycles. The minimum atomic E-state index is 0.0871. The summed E-state index contributed by atoms with van der Waals surface area (Å²) in [6.07, 6.45) is 3.33. The molecule has 0 radical (unpaired) electrons. The number of nitrogens with zero attached hydrogens (tertiary/aromatic N) is 4. The predicted octanol–water partition coefficient (Wildman–Crippen LogP) is 1.54. The second-order valence-corrected chi connectivity index (χ2v) is 4.54. The molecule has 1 rings (SSSR count). The SMILES string of the molecule is CCN(CC)C(=O)CN(C)c1ncc(Br)cn1. The zero-order chi connectivity index (χ0) is 12.8. The minimum absolute atomic E-state index is 0.0871. The Morgan fingerprint density at radius 1 is 1.29 bits per heavy atom. The quantitative estimate of drug-likeness (QED) is 0.828. The first kappa shape index (κ1) is 13.9. The Balaban J connectivity index is 2.62. The van der Waals surface area contributed by atoms with Crippen LogP contribution >= 0.6 is 15.9 Å². The summed E-state index contributed by atoms with van der Waals surface area (Å²) >= 11 is 3.27. The molecular formula is C11H17BrN4O. The van der Waals surface area contributed by atoms with Gasteiger partial charge in [-0.1, -0.05) is 0 Å². The molecule has 0 atom stereocenters. The highest BCUT2D eigenvalue weighted by molar-refractivity contribution is 9.10. The summed E-state index contributed by atoms with van der Waals surface area (Å²) in [4.78, 5) is 23.7. The van der Waals surface area contributed by atoms with Crippen molar-refractivity contribution in [3.63, 3.8) is 0 Å². The fraction of sp³-hybridized carbons (Fsp3) is 0.545. The Kier molecular flexibility index (Phi) is 5.34. The van der Waals surface area contributed by atoms with E-state index < -0.39 is 0 Å². The molecule has 0 aliphatic carbocycles. The van der Waals surface area contributed by atoms with Crippen molar-refractivity contribution in [1.82, 2.24) is 14.9 Å². The number of anilines is 1. The molecule has 5 nitrogen and oxygen atoms in total. The van der Waals surface area contributed by atoms with Crippen molar-refractivity contribution < 1.29 is 4.79 Å². The summed E-state index contributed by atoms with van der Waals surface area (Å²) in [6, 6.07) is 0. The molecule has 1 amide bonds. The zero-order valence-corrected chi connectivity index (χ0v) is 11.9. The van der Waals surface area contributed by atoms with Crippen LogP contribution in [0.4, 0.5) is 5.95 Å². The molecule has 0 aliphatic heterocycles. The monoisotopic (exact) mass is 300 g/mol. The summed E-state index contributed by atoms with van der Waals surface area (Å²) in [5, 5.41) is 0. The highest BCUT2D eigenvalue weighted by Crippen LogP contribution is 2.09. The van der Waals surface area contributed by atoms with Gasteiger partial charge in [-0.25, -0.2) is 9.97 Å². The van der Waals surface area contributed by atoms with E-state index in [-0.39, 0.29) is 5.91 Å². The van der Waals surface area contributed by atoms with Crippen LogP contribution in [-0.2, 0) is 4.79 Å². The molecule has 94 valence electrons. The Morgan fingerprint density at radius 2 is 1.82 bits per heavy atom. The van der Waals surface area contributed by atoms with Crippen LogP contribution in [0.15, 0.2) is 16.9 Å². The van der Waals surface area contributed by atoms with Crippen molar-refractivity contribution >= 4 is 27.8 Å². The zero-order valence-electron chi connectivity index (χ0n) is 10.4. The van der Waals surface area contributed by atoms with Gasteiger partial charge in [-0.2, -0.15) is 0 Å². The maximum absolute atomic E-state index is 11.9. The first-order valence-electron chi connectivity index (χ1n) is 5.54. The normalized spacial score (nSPS) is 10.1. The molecule has 1 aromatic rings. The first-order valence-corrected chi connectivity index (χ1v) is 6.34. The summed E-state index contributed by atoms with van der Waals surface area (Å²) < 4.78 is 0.824. The lowest BCUT2D eigenvalue weighted by molar-refractivity contribution is -0.129. The standard InChI is InChI=1S/C11H17BrN4O/c1-4-16(5-2)10(17)8-15(3)11-13-6-9(12)7-14-11/h6-7H,4-5,8H2,1-3H3. The van der Waals surface area contributed by atoms with E-state index in [0.29, 0.717) is 12.5 Å². The highest BCUT2D eigenvalue weighted by Gasteiger charge is 2.13. The number of halogens is 1. The molecule has 0 aliphatic rings.